The van der Waals surface area contributed by atoms with Crippen molar-refractivity contribution in [3.05, 3.63) is 47.8 Å². The van der Waals surface area contributed by atoms with Crippen LogP contribution in [0.25, 0.3) is 0 Å². The first-order valence-corrected chi connectivity index (χ1v) is 13.6. The highest BCUT2D eigenvalue weighted by molar-refractivity contribution is 6.74. The molecule has 2 heterocycles. The summed E-state index contributed by atoms with van der Waals surface area (Å²) in [7, 11) is -2.07. The van der Waals surface area contributed by atoms with Gasteiger partial charge in [-0.25, -0.2) is 9.48 Å². The summed E-state index contributed by atoms with van der Waals surface area (Å²) < 4.78 is 8.71. The van der Waals surface area contributed by atoms with Crippen LogP contribution in [0.15, 0.2) is 36.5 Å². The molecule has 0 unspecified atom stereocenters. The van der Waals surface area contributed by atoms with Gasteiger partial charge < -0.3 is 14.4 Å². The van der Waals surface area contributed by atoms with Gasteiger partial charge in [-0.1, -0.05) is 56.3 Å². The molecule has 1 aliphatic heterocycles. The maximum absolute atomic E-state index is 11.6. The van der Waals surface area contributed by atoms with Crippen LogP contribution >= 0.6 is 0 Å². The van der Waals surface area contributed by atoms with Gasteiger partial charge in [0.25, 0.3) is 0 Å². The van der Waals surface area contributed by atoms with Crippen molar-refractivity contribution in [2.45, 2.75) is 70.3 Å². The molecule has 1 aromatic heterocycles. The van der Waals surface area contributed by atoms with Crippen LogP contribution in [0, 0.1) is 0 Å². The van der Waals surface area contributed by atoms with Gasteiger partial charge in [0.15, 0.2) is 8.32 Å². The van der Waals surface area contributed by atoms with Crippen molar-refractivity contribution in [1.82, 2.24) is 19.9 Å². The van der Waals surface area contributed by atoms with Crippen LogP contribution in [-0.2, 0) is 17.4 Å². The molecule has 1 amide bonds. The SMILES string of the molecule is CC(C)(C)[Si](C)(C)O[C@@H]1CN(C(=O)O)CC[C@H]1c1cnnn1CCc1ccccc1. The first kappa shape index (κ1) is 22.5. The fourth-order valence-electron chi connectivity index (χ4n) is 3.71. The van der Waals surface area contributed by atoms with Crippen molar-refractivity contribution in [3.8, 4) is 0 Å². The third-order valence-electron chi connectivity index (χ3n) is 6.56. The van der Waals surface area contributed by atoms with Gasteiger partial charge >= 0.3 is 6.09 Å². The van der Waals surface area contributed by atoms with Crippen molar-refractivity contribution in [1.29, 1.82) is 0 Å². The maximum atomic E-state index is 11.6. The van der Waals surface area contributed by atoms with E-state index in [2.05, 4.69) is 56.3 Å². The molecule has 1 fully saturated rings. The van der Waals surface area contributed by atoms with E-state index >= 15 is 0 Å². The fourth-order valence-corrected chi connectivity index (χ4v) is 5.06. The van der Waals surface area contributed by atoms with Crippen molar-refractivity contribution in [2.24, 2.45) is 0 Å². The highest BCUT2D eigenvalue weighted by atomic mass is 28.4. The first-order valence-electron chi connectivity index (χ1n) is 10.7. The summed E-state index contributed by atoms with van der Waals surface area (Å²) in [6, 6.07) is 10.3. The van der Waals surface area contributed by atoms with Crippen LogP contribution in [0.5, 0.6) is 0 Å². The molecule has 7 nitrogen and oxygen atoms in total. The highest BCUT2D eigenvalue weighted by Crippen LogP contribution is 2.40. The average molecular weight is 431 g/mol. The van der Waals surface area contributed by atoms with Gasteiger partial charge in [0.2, 0.25) is 0 Å². The van der Waals surface area contributed by atoms with Gasteiger partial charge in [-0.3, -0.25) is 0 Å². The summed E-state index contributed by atoms with van der Waals surface area (Å²) in [5.41, 5.74) is 2.30. The van der Waals surface area contributed by atoms with Crippen molar-refractivity contribution >= 4 is 14.4 Å². The molecular weight excluding hydrogens is 396 g/mol. The molecule has 0 bridgehead atoms. The number of hydrogen-bond acceptors (Lipinski definition) is 4. The Kier molecular flexibility index (Phi) is 6.67. The van der Waals surface area contributed by atoms with Gasteiger partial charge in [-0.15, -0.1) is 5.10 Å². The first-order chi connectivity index (χ1) is 14.1. The monoisotopic (exact) mass is 430 g/mol. The number of rotatable bonds is 6. The van der Waals surface area contributed by atoms with E-state index in [1.807, 2.05) is 29.1 Å². The molecule has 0 radical (unpaired) electrons. The number of benzene rings is 1. The van der Waals surface area contributed by atoms with Crippen LogP contribution < -0.4 is 0 Å². The lowest BCUT2D eigenvalue weighted by Crippen LogP contribution is -2.53. The molecule has 1 aromatic carbocycles. The standard InChI is InChI=1S/C22H34N4O3Si/c1-22(2,3)30(4,5)29-20-16-25(21(27)28)13-12-18(20)19-15-23-24-26(19)14-11-17-9-7-6-8-10-17/h6-10,15,18,20H,11-14,16H2,1-5H3,(H,27,28)/t18-,20+/m0/s1. The number of likely N-dealkylation sites (tertiary alicyclic amines) is 1. The Bertz CT molecular complexity index is 848. The number of carboxylic acid groups (broad SMARTS) is 1. The molecule has 2 atom stereocenters. The number of carbonyl (C=O) groups is 1. The molecule has 3 rings (SSSR count). The molecule has 0 spiro atoms. The van der Waals surface area contributed by atoms with Crippen molar-refractivity contribution in [2.75, 3.05) is 13.1 Å². The molecule has 0 aliphatic carbocycles. The fraction of sp³-hybridized carbons (Fsp3) is 0.591. The molecular formula is C22H34N4O3Si. The van der Waals surface area contributed by atoms with Gasteiger partial charge in [-0.2, -0.15) is 0 Å². The minimum atomic E-state index is -2.07. The van der Waals surface area contributed by atoms with E-state index in [-0.39, 0.29) is 17.1 Å². The zero-order valence-electron chi connectivity index (χ0n) is 18.7. The Morgan fingerprint density at radius 2 is 1.97 bits per heavy atom. The van der Waals surface area contributed by atoms with E-state index in [9.17, 15) is 9.90 Å². The molecule has 8 heteroatoms. The lowest BCUT2D eigenvalue weighted by molar-refractivity contribution is 0.0545. The van der Waals surface area contributed by atoms with Crippen LogP contribution in [0.4, 0.5) is 4.79 Å². The summed E-state index contributed by atoms with van der Waals surface area (Å²) in [6.07, 6.45) is 2.34. The van der Waals surface area contributed by atoms with Crippen LogP contribution in [0.3, 0.4) is 0 Å². The van der Waals surface area contributed by atoms with Crippen LogP contribution in [0.1, 0.15) is 44.4 Å². The highest BCUT2D eigenvalue weighted by Gasteiger charge is 2.44. The van der Waals surface area contributed by atoms with Crippen LogP contribution in [0.2, 0.25) is 18.1 Å². The second kappa shape index (κ2) is 8.89. The number of aryl methyl sites for hydroxylation is 2. The number of nitrogens with zero attached hydrogens (tertiary/aromatic N) is 4. The summed E-state index contributed by atoms with van der Waals surface area (Å²) in [4.78, 5) is 13.1. The van der Waals surface area contributed by atoms with Crippen LogP contribution in [-0.4, -0.2) is 58.6 Å². The Hall–Kier alpha value is -2.19. The van der Waals surface area contributed by atoms with Gasteiger partial charge in [0, 0.05) is 25.6 Å². The molecule has 1 N–H and O–H groups in total. The second-order valence-corrected chi connectivity index (χ2v) is 14.4. The minimum Gasteiger partial charge on any atom is -0.465 e. The second-order valence-electron chi connectivity index (χ2n) is 9.66. The Labute approximate surface area is 180 Å². The number of piperidine rings is 1. The van der Waals surface area contributed by atoms with E-state index in [1.165, 1.54) is 10.5 Å². The Balaban J connectivity index is 1.82. The number of amides is 1. The molecule has 1 saturated heterocycles. The maximum Gasteiger partial charge on any atom is 0.407 e. The largest absolute Gasteiger partial charge is 0.465 e. The Morgan fingerprint density at radius 3 is 2.60 bits per heavy atom. The Morgan fingerprint density at radius 1 is 1.27 bits per heavy atom. The third kappa shape index (κ3) is 5.10. The van der Waals surface area contributed by atoms with Gasteiger partial charge in [0.05, 0.1) is 18.0 Å². The predicted octanol–water partition coefficient (Wildman–Crippen LogP) is 4.38. The van der Waals surface area contributed by atoms with E-state index < -0.39 is 14.4 Å². The van der Waals surface area contributed by atoms with Crippen molar-refractivity contribution in [3.63, 3.8) is 0 Å². The summed E-state index contributed by atoms with van der Waals surface area (Å²) in [5.74, 6) is 0.0838. The normalized spacial score (nSPS) is 20.4. The minimum absolute atomic E-state index is 0.0505. The zero-order valence-corrected chi connectivity index (χ0v) is 19.7. The van der Waals surface area contributed by atoms with Gasteiger partial charge in [0.1, 0.15) is 0 Å². The topological polar surface area (TPSA) is 80.5 Å². The quantitative estimate of drug-likeness (QED) is 0.688. The number of hydrogen-bond donors (Lipinski definition) is 1. The molecule has 2 aromatic rings. The van der Waals surface area contributed by atoms with E-state index in [0.29, 0.717) is 19.5 Å². The van der Waals surface area contributed by atoms with E-state index in [4.69, 9.17) is 4.43 Å². The zero-order chi connectivity index (χ0) is 21.9. The third-order valence-corrected chi connectivity index (χ3v) is 11.1. The molecule has 0 saturated carbocycles. The molecule has 164 valence electrons. The lowest BCUT2D eigenvalue weighted by atomic mass is 9.91. The predicted molar refractivity (Wildman–Crippen MR) is 119 cm³/mol. The molecule has 1 aliphatic rings. The molecule has 30 heavy (non-hydrogen) atoms. The van der Waals surface area contributed by atoms with Crippen molar-refractivity contribution < 1.29 is 14.3 Å². The van der Waals surface area contributed by atoms with E-state index in [1.54, 1.807) is 0 Å². The number of aromatic nitrogens is 3. The lowest BCUT2D eigenvalue weighted by Gasteiger charge is -2.44. The summed E-state index contributed by atoms with van der Waals surface area (Å²) in [5, 5.41) is 18.1. The van der Waals surface area contributed by atoms with E-state index in [0.717, 1.165) is 18.7 Å². The summed E-state index contributed by atoms with van der Waals surface area (Å²) in [6.45, 7) is 12.7. The van der Waals surface area contributed by atoms with Gasteiger partial charge in [-0.05, 0) is 36.5 Å². The smallest absolute Gasteiger partial charge is 0.407 e. The average Bonchev–Trinajstić information content (AvgIpc) is 3.14. The summed E-state index contributed by atoms with van der Waals surface area (Å²) >= 11 is 0.